The van der Waals surface area contributed by atoms with Crippen molar-refractivity contribution < 1.29 is 4.39 Å². The largest absolute Gasteiger partial charge is 0.221 e. The minimum Gasteiger partial charge on any atom is -0.221 e. The molecule has 2 saturated carbocycles. The zero-order valence-electron chi connectivity index (χ0n) is 16.1. The van der Waals surface area contributed by atoms with Crippen LogP contribution in [0.4, 0.5) is 4.39 Å². The van der Waals surface area contributed by atoms with Crippen LogP contribution in [0.25, 0.3) is 5.69 Å². The van der Waals surface area contributed by atoms with Crippen LogP contribution >= 0.6 is 11.6 Å². The molecule has 1 aromatic heterocycles. The summed E-state index contributed by atoms with van der Waals surface area (Å²) in [5, 5.41) is 13.9. The van der Waals surface area contributed by atoms with Gasteiger partial charge in [0.2, 0.25) is 0 Å². The third-order valence-corrected chi connectivity index (χ3v) is 7.36. The van der Waals surface area contributed by atoms with Gasteiger partial charge >= 0.3 is 0 Å². The maximum Gasteiger partial charge on any atom is 0.142 e. The van der Waals surface area contributed by atoms with E-state index in [0.717, 1.165) is 17.7 Å². The van der Waals surface area contributed by atoms with Gasteiger partial charge in [0.05, 0.1) is 23.2 Å². The first-order chi connectivity index (χ1) is 12.7. The van der Waals surface area contributed by atoms with Crippen molar-refractivity contribution in [2.45, 2.75) is 47.0 Å². The summed E-state index contributed by atoms with van der Waals surface area (Å²) in [6, 6.07) is 6.07. The lowest BCUT2D eigenvalue weighted by Gasteiger charge is -2.34. The van der Waals surface area contributed by atoms with E-state index in [4.69, 9.17) is 11.6 Å². The fourth-order valence-corrected chi connectivity index (χ4v) is 4.97. The number of aryl methyl sites for hydroxylation is 1. The second kappa shape index (κ2) is 6.26. The summed E-state index contributed by atoms with van der Waals surface area (Å²) in [7, 11) is 0. The Hall–Kier alpha value is -2.01. The van der Waals surface area contributed by atoms with Gasteiger partial charge in [-0.2, -0.15) is 15.3 Å². The van der Waals surface area contributed by atoms with Crippen molar-refractivity contribution in [3.63, 3.8) is 0 Å². The monoisotopic (exact) mass is 386 g/mol. The maximum absolute atomic E-state index is 13.2. The predicted octanol–water partition coefficient (Wildman–Crippen LogP) is 5.59. The summed E-state index contributed by atoms with van der Waals surface area (Å²) < 4.78 is 14.7. The normalized spacial score (nSPS) is 27.9. The SMILES string of the molecule is Cc1nn(-c2ccc(F)cc2)c(Cl)c1/C=N/N=C1\CC2CCC1(C)C2(C)C. The molecule has 2 bridgehead atoms. The van der Waals surface area contributed by atoms with Crippen LogP contribution in [0.2, 0.25) is 5.15 Å². The van der Waals surface area contributed by atoms with Crippen LogP contribution in [-0.2, 0) is 0 Å². The Morgan fingerprint density at radius 3 is 2.56 bits per heavy atom. The minimum atomic E-state index is -0.293. The lowest BCUT2D eigenvalue weighted by Crippen LogP contribution is -2.32. The van der Waals surface area contributed by atoms with Gasteiger partial charge in [0.25, 0.3) is 0 Å². The molecule has 2 atom stereocenters. The highest BCUT2D eigenvalue weighted by Crippen LogP contribution is 2.64. The highest BCUT2D eigenvalue weighted by molar-refractivity contribution is 6.32. The number of hydrogen-bond donors (Lipinski definition) is 0. The Balaban J connectivity index is 1.62. The minimum absolute atomic E-state index is 0.131. The standard InChI is InChI=1S/C21H24ClFN4/c1-13-17(19(22)27(26-13)16-7-5-15(23)6-8-16)12-24-25-18-11-14-9-10-21(18,4)20(14,2)3/h5-8,12,14H,9-11H2,1-4H3/b24-12+,25-18+. The van der Waals surface area contributed by atoms with E-state index in [-0.39, 0.29) is 16.6 Å². The number of fused-ring (bicyclic) bond motifs is 2. The van der Waals surface area contributed by atoms with Gasteiger partial charge < -0.3 is 0 Å². The van der Waals surface area contributed by atoms with E-state index in [1.54, 1.807) is 23.0 Å². The maximum atomic E-state index is 13.2. The molecular weight excluding hydrogens is 363 g/mol. The van der Waals surface area contributed by atoms with Crippen molar-refractivity contribution in [1.82, 2.24) is 9.78 Å². The fourth-order valence-electron chi connectivity index (χ4n) is 4.65. The first-order valence-electron chi connectivity index (χ1n) is 9.35. The highest BCUT2D eigenvalue weighted by Gasteiger charge is 2.59. The van der Waals surface area contributed by atoms with Gasteiger partial charge in [-0.1, -0.05) is 32.4 Å². The van der Waals surface area contributed by atoms with Gasteiger partial charge in [0.15, 0.2) is 0 Å². The summed E-state index contributed by atoms with van der Waals surface area (Å²) in [5.41, 5.74) is 3.80. The molecule has 2 unspecified atom stereocenters. The summed E-state index contributed by atoms with van der Waals surface area (Å²) >= 11 is 6.50. The molecule has 2 aromatic rings. The van der Waals surface area contributed by atoms with E-state index in [1.807, 2.05) is 6.92 Å². The molecule has 0 N–H and O–H groups in total. The summed E-state index contributed by atoms with van der Waals surface area (Å²) in [6.45, 7) is 8.90. The molecule has 6 heteroatoms. The molecule has 2 fully saturated rings. The van der Waals surface area contributed by atoms with Crippen LogP contribution in [0, 0.1) is 29.5 Å². The molecule has 2 aliphatic carbocycles. The zero-order chi connectivity index (χ0) is 19.4. The van der Waals surface area contributed by atoms with Crippen LogP contribution in [0.5, 0.6) is 0 Å². The van der Waals surface area contributed by atoms with E-state index in [0.29, 0.717) is 16.8 Å². The first kappa shape index (κ1) is 18.4. The summed E-state index contributed by atoms with van der Waals surface area (Å²) in [5.74, 6) is 0.404. The molecule has 142 valence electrons. The molecule has 4 rings (SSSR count). The molecule has 1 heterocycles. The number of aromatic nitrogens is 2. The number of benzene rings is 1. The quantitative estimate of drug-likeness (QED) is 0.500. The van der Waals surface area contributed by atoms with Crippen molar-refractivity contribution in [3.8, 4) is 5.69 Å². The van der Waals surface area contributed by atoms with Crippen LogP contribution in [0.15, 0.2) is 34.5 Å². The van der Waals surface area contributed by atoms with E-state index in [9.17, 15) is 4.39 Å². The topological polar surface area (TPSA) is 42.5 Å². The van der Waals surface area contributed by atoms with Gasteiger partial charge in [-0.3, -0.25) is 0 Å². The van der Waals surface area contributed by atoms with E-state index >= 15 is 0 Å². The predicted molar refractivity (Wildman–Crippen MR) is 108 cm³/mol. The van der Waals surface area contributed by atoms with Gasteiger partial charge in [-0.15, -0.1) is 0 Å². The van der Waals surface area contributed by atoms with Crippen molar-refractivity contribution in [2.24, 2.45) is 27.0 Å². The van der Waals surface area contributed by atoms with Gasteiger partial charge in [-0.05, 0) is 61.8 Å². The summed E-state index contributed by atoms with van der Waals surface area (Å²) in [4.78, 5) is 0. The smallest absolute Gasteiger partial charge is 0.142 e. The third-order valence-electron chi connectivity index (χ3n) is 7.00. The van der Waals surface area contributed by atoms with Crippen LogP contribution in [-0.4, -0.2) is 21.7 Å². The van der Waals surface area contributed by atoms with Crippen molar-refractivity contribution in [2.75, 3.05) is 0 Å². The lowest BCUT2D eigenvalue weighted by atomic mass is 9.70. The van der Waals surface area contributed by atoms with Crippen LogP contribution in [0.1, 0.15) is 51.3 Å². The molecular formula is C21H24ClFN4. The number of nitrogens with zero attached hydrogens (tertiary/aromatic N) is 4. The lowest BCUT2D eigenvalue weighted by molar-refractivity contribution is 0.194. The summed E-state index contributed by atoms with van der Waals surface area (Å²) in [6.07, 6.45) is 5.17. The fraction of sp³-hybridized carbons (Fsp3) is 0.476. The van der Waals surface area contributed by atoms with E-state index in [1.165, 1.54) is 30.7 Å². The molecule has 0 aliphatic heterocycles. The molecule has 0 saturated heterocycles. The molecule has 0 spiro atoms. The van der Waals surface area contributed by atoms with Crippen molar-refractivity contribution >= 4 is 23.5 Å². The molecule has 27 heavy (non-hydrogen) atoms. The molecule has 2 aliphatic rings. The van der Waals surface area contributed by atoms with Gasteiger partial charge in [0, 0.05) is 11.1 Å². The van der Waals surface area contributed by atoms with Crippen molar-refractivity contribution in [3.05, 3.63) is 46.5 Å². The Kier molecular flexibility index (Phi) is 4.26. The van der Waals surface area contributed by atoms with E-state index in [2.05, 4.69) is 36.1 Å². The second-order valence-corrected chi connectivity index (χ2v) is 8.82. The van der Waals surface area contributed by atoms with Gasteiger partial charge in [-0.25, -0.2) is 9.07 Å². The van der Waals surface area contributed by atoms with Crippen LogP contribution < -0.4 is 0 Å². The Bertz CT molecular complexity index is 942. The van der Waals surface area contributed by atoms with Gasteiger partial charge in [0.1, 0.15) is 11.0 Å². The van der Waals surface area contributed by atoms with E-state index < -0.39 is 0 Å². The van der Waals surface area contributed by atoms with Crippen molar-refractivity contribution in [1.29, 1.82) is 0 Å². The Morgan fingerprint density at radius 2 is 1.96 bits per heavy atom. The molecule has 0 amide bonds. The number of halogens is 2. The molecule has 4 nitrogen and oxygen atoms in total. The average Bonchev–Trinajstić information content (AvgIpc) is 3.10. The average molecular weight is 387 g/mol. The highest BCUT2D eigenvalue weighted by atomic mass is 35.5. The molecule has 1 aromatic carbocycles. The number of rotatable bonds is 3. The zero-order valence-corrected chi connectivity index (χ0v) is 16.9. The number of hydrogen-bond acceptors (Lipinski definition) is 3. The Morgan fingerprint density at radius 1 is 1.26 bits per heavy atom. The molecule has 0 radical (unpaired) electrons. The Labute approximate surface area is 164 Å². The first-order valence-corrected chi connectivity index (χ1v) is 9.73. The third kappa shape index (κ3) is 2.75. The van der Waals surface area contributed by atoms with Crippen LogP contribution in [0.3, 0.4) is 0 Å². The second-order valence-electron chi connectivity index (χ2n) is 8.46.